The SMILES string of the molecule is COc1ccc(C(C)N)cc1-c1cccc(O)c1. The summed E-state index contributed by atoms with van der Waals surface area (Å²) in [6, 6.07) is 12.9. The second kappa shape index (κ2) is 5.10. The third-order valence-corrected chi connectivity index (χ3v) is 2.91. The number of nitrogens with two attached hydrogens (primary N) is 1. The van der Waals surface area contributed by atoms with E-state index in [-0.39, 0.29) is 11.8 Å². The predicted octanol–water partition coefficient (Wildman–Crippen LogP) is 3.09. The van der Waals surface area contributed by atoms with Crippen LogP contribution in [0.5, 0.6) is 11.5 Å². The minimum Gasteiger partial charge on any atom is -0.508 e. The highest BCUT2D eigenvalue weighted by Crippen LogP contribution is 2.33. The molecule has 0 radical (unpaired) electrons. The number of rotatable bonds is 3. The maximum Gasteiger partial charge on any atom is 0.126 e. The Kier molecular flexibility index (Phi) is 3.53. The van der Waals surface area contributed by atoms with E-state index in [0.29, 0.717) is 0 Å². The lowest BCUT2D eigenvalue weighted by Crippen LogP contribution is -2.05. The van der Waals surface area contributed by atoms with Gasteiger partial charge in [-0.3, -0.25) is 0 Å². The lowest BCUT2D eigenvalue weighted by molar-refractivity contribution is 0.416. The van der Waals surface area contributed by atoms with Crippen LogP contribution in [0, 0.1) is 0 Å². The van der Waals surface area contributed by atoms with Crippen LogP contribution in [0.15, 0.2) is 42.5 Å². The van der Waals surface area contributed by atoms with Crippen molar-refractivity contribution in [1.82, 2.24) is 0 Å². The number of methoxy groups -OCH3 is 1. The molecule has 0 saturated heterocycles. The topological polar surface area (TPSA) is 55.5 Å². The van der Waals surface area contributed by atoms with Crippen molar-refractivity contribution in [2.24, 2.45) is 5.73 Å². The molecule has 3 heteroatoms. The number of hydrogen-bond acceptors (Lipinski definition) is 3. The number of hydrogen-bond donors (Lipinski definition) is 2. The van der Waals surface area contributed by atoms with Crippen LogP contribution in [0.25, 0.3) is 11.1 Å². The zero-order valence-corrected chi connectivity index (χ0v) is 10.6. The normalized spacial score (nSPS) is 12.2. The molecular formula is C15H17NO2. The average Bonchev–Trinajstić information content (AvgIpc) is 2.38. The second-order valence-corrected chi connectivity index (χ2v) is 4.30. The first-order chi connectivity index (χ1) is 8.61. The first-order valence-electron chi connectivity index (χ1n) is 5.84. The van der Waals surface area contributed by atoms with Gasteiger partial charge in [-0.1, -0.05) is 18.2 Å². The van der Waals surface area contributed by atoms with Crippen molar-refractivity contribution in [2.75, 3.05) is 7.11 Å². The maximum atomic E-state index is 9.55. The highest BCUT2D eigenvalue weighted by atomic mass is 16.5. The Morgan fingerprint density at radius 2 is 1.94 bits per heavy atom. The van der Waals surface area contributed by atoms with E-state index in [0.717, 1.165) is 22.4 Å². The molecule has 18 heavy (non-hydrogen) atoms. The summed E-state index contributed by atoms with van der Waals surface area (Å²) in [6.07, 6.45) is 0. The zero-order chi connectivity index (χ0) is 13.1. The first-order valence-corrected chi connectivity index (χ1v) is 5.84. The van der Waals surface area contributed by atoms with E-state index in [1.165, 1.54) is 0 Å². The van der Waals surface area contributed by atoms with Crippen LogP contribution in [-0.4, -0.2) is 12.2 Å². The summed E-state index contributed by atoms with van der Waals surface area (Å²) in [5.41, 5.74) is 8.77. The van der Waals surface area contributed by atoms with Gasteiger partial charge in [0.1, 0.15) is 11.5 Å². The van der Waals surface area contributed by atoms with Gasteiger partial charge in [0.2, 0.25) is 0 Å². The summed E-state index contributed by atoms with van der Waals surface area (Å²) in [5, 5.41) is 9.55. The standard InChI is InChI=1S/C15H17NO2/c1-10(16)11-6-7-15(18-2)14(9-11)12-4-3-5-13(17)8-12/h3-10,17H,16H2,1-2H3. The van der Waals surface area contributed by atoms with Crippen LogP contribution in [-0.2, 0) is 0 Å². The van der Waals surface area contributed by atoms with Gasteiger partial charge >= 0.3 is 0 Å². The van der Waals surface area contributed by atoms with Gasteiger partial charge in [-0.05, 0) is 42.3 Å². The monoisotopic (exact) mass is 243 g/mol. The fourth-order valence-corrected chi connectivity index (χ4v) is 1.91. The molecule has 0 fully saturated rings. The largest absolute Gasteiger partial charge is 0.508 e. The Bertz CT molecular complexity index is 550. The summed E-state index contributed by atoms with van der Waals surface area (Å²) in [4.78, 5) is 0. The molecule has 0 spiro atoms. The Morgan fingerprint density at radius 3 is 2.56 bits per heavy atom. The number of aromatic hydroxyl groups is 1. The Labute approximate surface area is 107 Å². The molecule has 1 unspecified atom stereocenters. The molecule has 2 aromatic rings. The molecule has 2 rings (SSSR count). The van der Waals surface area contributed by atoms with Crippen molar-refractivity contribution in [1.29, 1.82) is 0 Å². The molecule has 0 amide bonds. The highest BCUT2D eigenvalue weighted by Gasteiger charge is 2.09. The second-order valence-electron chi connectivity index (χ2n) is 4.30. The third kappa shape index (κ3) is 2.46. The summed E-state index contributed by atoms with van der Waals surface area (Å²) in [5.74, 6) is 1.01. The summed E-state index contributed by atoms with van der Waals surface area (Å²) < 4.78 is 5.35. The van der Waals surface area contributed by atoms with E-state index in [4.69, 9.17) is 10.5 Å². The molecule has 0 saturated carbocycles. The van der Waals surface area contributed by atoms with E-state index < -0.39 is 0 Å². The molecular weight excluding hydrogens is 226 g/mol. The molecule has 0 aliphatic carbocycles. The number of phenols is 1. The van der Waals surface area contributed by atoms with Crippen LogP contribution in [0.2, 0.25) is 0 Å². The molecule has 3 N–H and O–H groups in total. The van der Waals surface area contributed by atoms with Crippen molar-refractivity contribution < 1.29 is 9.84 Å². The van der Waals surface area contributed by atoms with Gasteiger partial charge in [0, 0.05) is 11.6 Å². The Hall–Kier alpha value is -2.00. The molecule has 2 aromatic carbocycles. The first kappa shape index (κ1) is 12.5. The Morgan fingerprint density at radius 1 is 1.17 bits per heavy atom. The lowest BCUT2D eigenvalue weighted by atomic mass is 9.99. The van der Waals surface area contributed by atoms with Crippen LogP contribution in [0.1, 0.15) is 18.5 Å². The minimum atomic E-state index is -0.0352. The number of benzene rings is 2. The molecule has 0 aliphatic heterocycles. The van der Waals surface area contributed by atoms with Gasteiger partial charge in [-0.25, -0.2) is 0 Å². The zero-order valence-electron chi connectivity index (χ0n) is 10.6. The minimum absolute atomic E-state index is 0.0352. The maximum absolute atomic E-state index is 9.55. The van der Waals surface area contributed by atoms with E-state index in [2.05, 4.69) is 0 Å². The van der Waals surface area contributed by atoms with Crippen molar-refractivity contribution in [2.45, 2.75) is 13.0 Å². The average molecular weight is 243 g/mol. The van der Waals surface area contributed by atoms with Crippen LogP contribution < -0.4 is 10.5 Å². The van der Waals surface area contributed by atoms with E-state index >= 15 is 0 Å². The summed E-state index contributed by atoms with van der Waals surface area (Å²) in [6.45, 7) is 1.94. The van der Waals surface area contributed by atoms with Crippen molar-refractivity contribution >= 4 is 0 Å². The molecule has 0 aliphatic rings. The third-order valence-electron chi connectivity index (χ3n) is 2.91. The fourth-order valence-electron chi connectivity index (χ4n) is 1.91. The lowest BCUT2D eigenvalue weighted by Gasteiger charge is -2.13. The molecule has 0 aromatic heterocycles. The molecule has 0 bridgehead atoms. The smallest absolute Gasteiger partial charge is 0.126 e. The van der Waals surface area contributed by atoms with Gasteiger partial charge in [0.15, 0.2) is 0 Å². The summed E-state index contributed by atoms with van der Waals surface area (Å²) >= 11 is 0. The van der Waals surface area contributed by atoms with Crippen molar-refractivity contribution in [3.63, 3.8) is 0 Å². The molecule has 3 nitrogen and oxygen atoms in total. The van der Waals surface area contributed by atoms with Gasteiger partial charge in [-0.15, -0.1) is 0 Å². The predicted molar refractivity (Wildman–Crippen MR) is 72.7 cm³/mol. The highest BCUT2D eigenvalue weighted by molar-refractivity contribution is 5.72. The molecule has 94 valence electrons. The Balaban J connectivity index is 2.56. The van der Waals surface area contributed by atoms with Gasteiger partial charge in [-0.2, -0.15) is 0 Å². The van der Waals surface area contributed by atoms with Crippen molar-refractivity contribution in [3.05, 3.63) is 48.0 Å². The van der Waals surface area contributed by atoms with Gasteiger partial charge < -0.3 is 15.6 Å². The van der Waals surface area contributed by atoms with Crippen LogP contribution in [0.4, 0.5) is 0 Å². The van der Waals surface area contributed by atoms with E-state index in [1.54, 1.807) is 19.2 Å². The quantitative estimate of drug-likeness (QED) is 0.871. The fraction of sp³-hybridized carbons (Fsp3) is 0.200. The molecule has 1 atom stereocenters. The number of ether oxygens (including phenoxy) is 1. The van der Waals surface area contributed by atoms with Crippen molar-refractivity contribution in [3.8, 4) is 22.6 Å². The number of phenolic OH excluding ortho intramolecular Hbond substituents is 1. The summed E-state index contributed by atoms with van der Waals surface area (Å²) in [7, 11) is 1.63. The van der Waals surface area contributed by atoms with E-state index in [1.807, 2.05) is 37.3 Å². The van der Waals surface area contributed by atoms with Crippen LogP contribution >= 0.6 is 0 Å². The molecule has 0 heterocycles. The van der Waals surface area contributed by atoms with Gasteiger partial charge in [0.25, 0.3) is 0 Å². The van der Waals surface area contributed by atoms with E-state index in [9.17, 15) is 5.11 Å². The van der Waals surface area contributed by atoms with Crippen LogP contribution in [0.3, 0.4) is 0 Å². The van der Waals surface area contributed by atoms with Gasteiger partial charge in [0.05, 0.1) is 7.11 Å².